The molecule has 150 valence electrons. The van der Waals surface area contributed by atoms with Gasteiger partial charge in [-0.3, -0.25) is 9.59 Å². The molecule has 0 aliphatic rings. The van der Waals surface area contributed by atoms with E-state index in [-0.39, 0.29) is 18.1 Å². The smallest absolute Gasteiger partial charge is 0.326 e. The Morgan fingerprint density at radius 1 is 1.11 bits per heavy atom. The summed E-state index contributed by atoms with van der Waals surface area (Å²) < 4.78 is 0. The summed E-state index contributed by atoms with van der Waals surface area (Å²) in [6.07, 6.45) is 0.571. The van der Waals surface area contributed by atoms with Crippen molar-refractivity contribution in [2.24, 2.45) is 11.7 Å². The molecule has 0 saturated heterocycles. The number of aliphatic carboxylic acids is 1. The zero-order chi connectivity index (χ0) is 20.6. The fraction of sp³-hybridized carbons (Fsp3) is 0.500. The van der Waals surface area contributed by atoms with E-state index in [1.54, 1.807) is 19.1 Å². The molecule has 0 unspecified atom stereocenters. The van der Waals surface area contributed by atoms with Crippen LogP contribution in [-0.4, -0.2) is 57.8 Å². The second-order valence-electron chi connectivity index (χ2n) is 6.43. The maximum atomic E-state index is 12.6. The minimum Gasteiger partial charge on any atom is -0.508 e. The van der Waals surface area contributed by atoms with Crippen LogP contribution in [0.15, 0.2) is 24.3 Å². The number of benzene rings is 1. The highest BCUT2D eigenvalue weighted by atomic mass is 16.4. The van der Waals surface area contributed by atoms with E-state index in [0.29, 0.717) is 12.0 Å². The predicted octanol–water partition coefficient (Wildman–Crippen LogP) is -0.645. The standard InChI is InChI=1S/C18H27N3O6/c1-3-10(2)15(21-16(24)13(19)9-22)17(25)20-14(18(26)27)8-11-4-6-12(23)7-5-11/h4-7,10,13-15,22-23H,3,8-9,19H2,1-2H3,(H,20,25)(H,21,24)(H,26,27)/t10-,13-,14-,15-/m0/s1. The number of aliphatic hydroxyl groups excluding tert-OH is 1. The number of carboxylic acids is 1. The molecule has 7 N–H and O–H groups in total. The number of hydrogen-bond donors (Lipinski definition) is 6. The maximum absolute atomic E-state index is 12.6. The Hall–Kier alpha value is -2.65. The number of carboxylic acid groups (broad SMARTS) is 1. The average molecular weight is 381 g/mol. The van der Waals surface area contributed by atoms with Gasteiger partial charge >= 0.3 is 5.97 Å². The lowest BCUT2D eigenvalue weighted by molar-refractivity contribution is -0.142. The lowest BCUT2D eigenvalue weighted by atomic mass is 9.97. The SMILES string of the molecule is CC[C@H](C)[C@H](NC(=O)[C@@H](N)CO)C(=O)N[C@@H](Cc1ccc(O)cc1)C(=O)O. The number of nitrogens with one attached hydrogen (secondary N) is 2. The summed E-state index contributed by atoms with van der Waals surface area (Å²) in [6.45, 7) is 3.00. The zero-order valence-electron chi connectivity index (χ0n) is 15.4. The van der Waals surface area contributed by atoms with Gasteiger partial charge in [-0.05, 0) is 23.6 Å². The second-order valence-corrected chi connectivity index (χ2v) is 6.43. The van der Waals surface area contributed by atoms with Crippen LogP contribution in [0.5, 0.6) is 5.75 Å². The maximum Gasteiger partial charge on any atom is 0.326 e. The summed E-state index contributed by atoms with van der Waals surface area (Å²) in [5.41, 5.74) is 6.08. The largest absolute Gasteiger partial charge is 0.508 e. The topological polar surface area (TPSA) is 162 Å². The first-order chi connectivity index (χ1) is 12.7. The van der Waals surface area contributed by atoms with Crippen LogP contribution in [0, 0.1) is 5.92 Å². The van der Waals surface area contributed by atoms with Crippen LogP contribution in [-0.2, 0) is 20.8 Å². The molecule has 0 aliphatic heterocycles. The van der Waals surface area contributed by atoms with Crippen LogP contribution < -0.4 is 16.4 Å². The van der Waals surface area contributed by atoms with Gasteiger partial charge in [0.2, 0.25) is 11.8 Å². The van der Waals surface area contributed by atoms with Gasteiger partial charge in [-0.25, -0.2) is 4.79 Å². The van der Waals surface area contributed by atoms with Crippen molar-refractivity contribution in [2.75, 3.05) is 6.61 Å². The molecule has 2 amide bonds. The van der Waals surface area contributed by atoms with Crippen molar-refractivity contribution in [3.8, 4) is 5.75 Å². The summed E-state index contributed by atoms with van der Waals surface area (Å²) in [4.78, 5) is 36.1. The summed E-state index contributed by atoms with van der Waals surface area (Å²) in [5, 5.41) is 32.6. The van der Waals surface area contributed by atoms with Crippen LogP contribution in [0.1, 0.15) is 25.8 Å². The third-order valence-corrected chi connectivity index (χ3v) is 4.32. The van der Waals surface area contributed by atoms with Crippen molar-refractivity contribution in [2.45, 2.75) is 44.8 Å². The Labute approximate surface area is 157 Å². The molecule has 0 bridgehead atoms. The van der Waals surface area contributed by atoms with Crippen molar-refractivity contribution >= 4 is 17.8 Å². The highest BCUT2D eigenvalue weighted by molar-refractivity contribution is 5.92. The van der Waals surface area contributed by atoms with E-state index >= 15 is 0 Å². The van der Waals surface area contributed by atoms with Crippen LogP contribution in [0.3, 0.4) is 0 Å². The van der Waals surface area contributed by atoms with Gasteiger partial charge in [0, 0.05) is 6.42 Å². The molecule has 0 aromatic heterocycles. The molecule has 1 aromatic carbocycles. The van der Waals surface area contributed by atoms with Gasteiger partial charge in [-0.1, -0.05) is 32.4 Å². The lowest BCUT2D eigenvalue weighted by Crippen LogP contribution is -2.57. The van der Waals surface area contributed by atoms with Crippen LogP contribution >= 0.6 is 0 Å². The Balaban J connectivity index is 2.89. The number of carbonyl (C=O) groups is 3. The van der Waals surface area contributed by atoms with Gasteiger partial charge in [-0.2, -0.15) is 0 Å². The van der Waals surface area contributed by atoms with E-state index in [4.69, 9.17) is 10.8 Å². The first-order valence-corrected chi connectivity index (χ1v) is 8.67. The van der Waals surface area contributed by atoms with Crippen molar-refractivity contribution in [3.63, 3.8) is 0 Å². The molecule has 0 heterocycles. The molecular weight excluding hydrogens is 354 g/mol. The molecule has 27 heavy (non-hydrogen) atoms. The third kappa shape index (κ3) is 6.87. The summed E-state index contributed by atoms with van der Waals surface area (Å²) in [5.74, 6) is -2.78. The Kier molecular flexibility index (Phi) is 8.70. The van der Waals surface area contributed by atoms with E-state index in [1.807, 2.05) is 6.92 Å². The van der Waals surface area contributed by atoms with E-state index in [0.717, 1.165) is 0 Å². The molecule has 0 aliphatic carbocycles. The van der Waals surface area contributed by atoms with Crippen molar-refractivity contribution in [3.05, 3.63) is 29.8 Å². The molecule has 1 aromatic rings. The summed E-state index contributed by atoms with van der Waals surface area (Å²) in [6, 6.07) is 2.61. The summed E-state index contributed by atoms with van der Waals surface area (Å²) >= 11 is 0. The van der Waals surface area contributed by atoms with Gasteiger partial charge in [-0.15, -0.1) is 0 Å². The van der Waals surface area contributed by atoms with Gasteiger partial charge < -0.3 is 31.7 Å². The second kappa shape index (κ2) is 10.5. The number of aliphatic hydroxyl groups is 1. The first-order valence-electron chi connectivity index (χ1n) is 8.67. The number of rotatable bonds is 10. The highest BCUT2D eigenvalue weighted by Crippen LogP contribution is 2.13. The molecule has 9 heteroatoms. The number of aromatic hydroxyl groups is 1. The number of phenolic OH excluding ortho intramolecular Hbond substituents is 1. The van der Waals surface area contributed by atoms with E-state index in [9.17, 15) is 24.6 Å². The number of phenols is 1. The first kappa shape index (κ1) is 22.4. The normalized spacial score (nSPS) is 15.3. The monoisotopic (exact) mass is 381 g/mol. The minimum atomic E-state index is -1.22. The molecule has 0 fully saturated rings. The minimum absolute atomic E-state index is 0.0126. The summed E-state index contributed by atoms with van der Waals surface area (Å²) in [7, 11) is 0. The van der Waals surface area contributed by atoms with Crippen molar-refractivity contribution in [1.82, 2.24) is 10.6 Å². The van der Waals surface area contributed by atoms with Crippen molar-refractivity contribution < 1.29 is 29.7 Å². The highest BCUT2D eigenvalue weighted by Gasteiger charge is 2.30. The lowest BCUT2D eigenvalue weighted by Gasteiger charge is -2.26. The molecule has 4 atom stereocenters. The average Bonchev–Trinajstić information content (AvgIpc) is 2.65. The molecule has 9 nitrogen and oxygen atoms in total. The number of hydrogen-bond acceptors (Lipinski definition) is 6. The van der Waals surface area contributed by atoms with E-state index in [2.05, 4.69) is 10.6 Å². The van der Waals surface area contributed by atoms with Crippen LogP contribution in [0.2, 0.25) is 0 Å². The van der Waals surface area contributed by atoms with Gasteiger partial charge in [0.15, 0.2) is 0 Å². The molecule has 0 spiro atoms. The van der Waals surface area contributed by atoms with Gasteiger partial charge in [0.05, 0.1) is 6.61 Å². The predicted molar refractivity (Wildman–Crippen MR) is 97.8 cm³/mol. The zero-order valence-corrected chi connectivity index (χ0v) is 15.4. The Bertz CT molecular complexity index is 649. The third-order valence-electron chi connectivity index (χ3n) is 4.32. The van der Waals surface area contributed by atoms with E-state index in [1.165, 1.54) is 12.1 Å². The Morgan fingerprint density at radius 3 is 2.19 bits per heavy atom. The molecule has 0 saturated carbocycles. The van der Waals surface area contributed by atoms with E-state index < -0.39 is 42.5 Å². The van der Waals surface area contributed by atoms with Crippen molar-refractivity contribution in [1.29, 1.82) is 0 Å². The van der Waals surface area contributed by atoms with Crippen LogP contribution in [0.25, 0.3) is 0 Å². The molecule has 0 radical (unpaired) electrons. The fourth-order valence-corrected chi connectivity index (χ4v) is 2.37. The number of nitrogens with two attached hydrogens (primary N) is 1. The number of amides is 2. The fourth-order valence-electron chi connectivity index (χ4n) is 2.37. The Morgan fingerprint density at radius 2 is 1.70 bits per heavy atom. The van der Waals surface area contributed by atoms with Gasteiger partial charge in [0.25, 0.3) is 0 Å². The molecule has 1 rings (SSSR count). The van der Waals surface area contributed by atoms with Crippen LogP contribution in [0.4, 0.5) is 0 Å². The van der Waals surface area contributed by atoms with Gasteiger partial charge in [0.1, 0.15) is 23.9 Å². The molecular formula is C18H27N3O6. The quantitative estimate of drug-likeness (QED) is 0.314. The number of carbonyl (C=O) groups excluding carboxylic acids is 2.